The van der Waals surface area contributed by atoms with Gasteiger partial charge in [0, 0.05) is 13.0 Å². The van der Waals surface area contributed by atoms with Crippen LogP contribution < -0.4 is 10.2 Å². The van der Waals surface area contributed by atoms with E-state index in [4.69, 9.17) is 19.4 Å². The highest BCUT2D eigenvalue weighted by Crippen LogP contribution is 2.36. The summed E-state index contributed by atoms with van der Waals surface area (Å²) < 4.78 is 45.6. The summed E-state index contributed by atoms with van der Waals surface area (Å²) in [6.45, 7) is 0.285. The first-order valence-electron chi connectivity index (χ1n) is 10.1. The topological polar surface area (TPSA) is 126 Å². The molecule has 2 heterocycles. The maximum absolute atomic E-state index is 12.5. The van der Waals surface area contributed by atoms with Gasteiger partial charge >= 0.3 is 0 Å². The zero-order valence-corrected chi connectivity index (χ0v) is 17.6. The summed E-state index contributed by atoms with van der Waals surface area (Å²) >= 11 is 0. The van der Waals surface area contributed by atoms with E-state index < -0.39 is 22.2 Å². The van der Waals surface area contributed by atoms with Crippen molar-refractivity contribution in [3.8, 4) is 0 Å². The van der Waals surface area contributed by atoms with Gasteiger partial charge in [0.15, 0.2) is 0 Å². The molecule has 2 saturated heterocycles. The minimum Gasteiger partial charge on any atom is -0.394 e. The number of nitrogens with one attached hydrogen (secondary N) is 2. The molecule has 0 spiro atoms. The molecule has 0 saturated carbocycles. The number of aliphatic hydroxyl groups excluding tert-OH is 1. The van der Waals surface area contributed by atoms with Crippen molar-refractivity contribution in [3.05, 3.63) is 60.2 Å². The molecule has 0 aliphatic carbocycles. The SMILES string of the molecule is O=S(=O)(NC[C@@H]1C[C@@H]2O[C@H](CO)[C@@H](OCc3ccccc3)[C@H]2O1)c1ccc(NO)cc1. The number of anilines is 1. The minimum absolute atomic E-state index is 0.0883. The first kappa shape index (κ1) is 22.2. The summed E-state index contributed by atoms with van der Waals surface area (Å²) in [4.78, 5) is 0.0883. The van der Waals surface area contributed by atoms with Crippen LogP contribution in [0.4, 0.5) is 5.69 Å². The summed E-state index contributed by atoms with van der Waals surface area (Å²) in [7, 11) is -3.72. The molecule has 9 nitrogen and oxygen atoms in total. The fraction of sp³-hybridized carbons (Fsp3) is 0.429. The average Bonchev–Trinajstić information content (AvgIpc) is 3.34. The van der Waals surface area contributed by atoms with E-state index in [9.17, 15) is 13.5 Å². The van der Waals surface area contributed by atoms with Gasteiger partial charge in [-0.15, -0.1) is 0 Å². The second-order valence-electron chi connectivity index (χ2n) is 7.60. The van der Waals surface area contributed by atoms with Gasteiger partial charge in [-0.1, -0.05) is 30.3 Å². The molecule has 168 valence electrons. The third-order valence-corrected chi connectivity index (χ3v) is 6.95. The quantitative estimate of drug-likeness (QED) is 0.421. The molecule has 31 heavy (non-hydrogen) atoms. The van der Waals surface area contributed by atoms with E-state index in [0.29, 0.717) is 18.7 Å². The van der Waals surface area contributed by atoms with Crippen molar-refractivity contribution in [1.29, 1.82) is 0 Å². The van der Waals surface area contributed by atoms with Gasteiger partial charge in [-0.05, 0) is 29.8 Å². The molecule has 2 fully saturated rings. The second kappa shape index (κ2) is 9.61. The van der Waals surface area contributed by atoms with Crippen LogP contribution in [-0.2, 0) is 30.8 Å². The Kier molecular flexibility index (Phi) is 6.87. The molecule has 0 aromatic heterocycles. The summed E-state index contributed by atoms with van der Waals surface area (Å²) in [6.07, 6.45) is -1.41. The minimum atomic E-state index is -3.72. The lowest BCUT2D eigenvalue weighted by atomic mass is 10.1. The summed E-state index contributed by atoms with van der Waals surface area (Å²) in [5.74, 6) is 0. The molecule has 0 radical (unpaired) electrons. The lowest BCUT2D eigenvalue weighted by Gasteiger charge is -2.23. The third-order valence-electron chi connectivity index (χ3n) is 5.51. The predicted molar refractivity (Wildman–Crippen MR) is 111 cm³/mol. The highest BCUT2D eigenvalue weighted by atomic mass is 32.2. The number of fused-ring (bicyclic) bond motifs is 1. The fourth-order valence-electron chi connectivity index (χ4n) is 3.94. The van der Waals surface area contributed by atoms with Gasteiger partial charge in [-0.3, -0.25) is 10.7 Å². The molecule has 2 aromatic rings. The van der Waals surface area contributed by atoms with E-state index in [1.54, 1.807) is 0 Å². The van der Waals surface area contributed by atoms with E-state index in [-0.39, 0.29) is 36.4 Å². The van der Waals surface area contributed by atoms with Gasteiger partial charge in [-0.25, -0.2) is 13.1 Å². The number of hydrogen-bond donors (Lipinski definition) is 4. The summed E-state index contributed by atoms with van der Waals surface area (Å²) in [6, 6.07) is 15.4. The van der Waals surface area contributed by atoms with Crippen LogP contribution in [0, 0.1) is 0 Å². The predicted octanol–water partition coefficient (Wildman–Crippen LogP) is 1.27. The Hall–Kier alpha value is -2.05. The average molecular weight is 451 g/mol. The molecule has 10 heteroatoms. The molecule has 4 N–H and O–H groups in total. The molecule has 0 amide bonds. The zero-order valence-electron chi connectivity index (χ0n) is 16.8. The summed E-state index contributed by atoms with van der Waals surface area (Å²) in [5, 5.41) is 18.5. The number of ether oxygens (including phenoxy) is 3. The van der Waals surface area contributed by atoms with Crippen molar-refractivity contribution in [2.75, 3.05) is 18.6 Å². The van der Waals surface area contributed by atoms with E-state index in [2.05, 4.69) is 4.72 Å². The third kappa shape index (κ3) is 5.07. The molecule has 0 unspecified atom stereocenters. The number of benzene rings is 2. The van der Waals surface area contributed by atoms with Gasteiger partial charge in [0.25, 0.3) is 0 Å². The number of rotatable bonds is 9. The Morgan fingerprint density at radius 2 is 1.81 bits per heavy atom. The van der Waals surface area contributed by atoms with E-state index >= 15 is 0 Å². The van der Waals surface area contributed by atoms with E-state index in [1.165, 1.54) is 24.3 Å². The highest BCUT2D eigenvalue weighted by Gasteiger charge is 2.51. The van der Waals surface area contributed by atoms with Crippen molar-refractivity contribution < 1.29 is 32.9 Å². The van der Waals surface area contributed by atoms with Crippen molar-refractivity contribution in [1.82, 2.24) is 4.72 Å². The molecule has 0 bridgehead atoms. The van der Waals surface area contributed by atoms with Crippen molar-refractivity contribution in [2.24, 2.45) is 0 Å². The van der Waals surface area contributed by atoms with Gasteiger partial charge < -0.3 is 19.3 Å². The van der Waals surface area contributed by atoms with Crippen LogP contribution in [-0.4, -0.2) is 62.4 Å². The highest BCUT2D eigenvalue weighted by molar-refractivity contribution is 7.89. The largest absolute Gasteiger partial charge is 0.394 e. The number of hydrogen-bond acceptors (Lipinski definition) is 8. The maximum Gasteiger partial charge on any atom is 0.240 e. The van der Waals surface area contributed by atoms with Crippen molar-refractivity contribution in [2.45, 2.75) is 48.4 Å². The number of sulfonamides is 1. The van der Waals surface area contributed by atoms with Crippen LogP contribution in [0.1, 0.15) is 12.0 Å². The van der Waals surface area contributed by atoms with Crippen LogP contribution >= 0.6 is 0 Å². The van der Waals surface area contributed by atoms with Gasteiger partial charge in [0.05, 0.1) is 36.0 Å². The van der Waals surface area contributed by atoms with Crippen LogP contribution in [0.25, 0.3) is 0 Å². The lowest BCUT2D eigenvalue weighted by Crippen LogP contribution is -2.38. The molecule has 2 aliphatic heterocycles. The molecule has 5 atom stereocenters. The lowest BCUT2D eigenvalue weighted by molar-refractivity contribution is -0.0907. The molecule has 2 aromatic carbocycles. The Labute approximate surface area is 181 Å². The van der Waals surface area contributed by atoms with Crippen LogP contribution in [0.15, 0.2) is 59.5 Å². The normalized spacial score (nSPS) is 27.9. The van der Waals surface area contributed by atoms with Gasteiger partial charge in [-0.2, -0.15) is 0 Å². The molecular weight excluding hydrogens is 424 g/mol. The van der Waals surface area contributed by atoms with Crippen molar-refractivity contribution >= 4 is 15.7 Å². The van der Waals surface area contributed by atoms with Crippen LogP contribution in [0.5, 0.6) is 0 Å². The zero-order chi connectivity index (χ0) is 21.8. The summed E-state index contributed by atoms with van der Waals surface area (Å²) in [5.41, 5.74) is 3.36. The second-order valence-corrected chi connectivity index (χ2v) is 9.37. The Bertz CT molecular complexity index is 955. The first-order valence-corrected chi connectivity index (χ1v) is 11.6. The maximum atomic E-state index is 12.5. The standard InChI is InChI=1S/C21H26N2O7S/c24-12-19-20(28-13-14-4-2-1-3-5-14)21-18(30-19)10-16(29-21)11-22-31(26,27)17-8-6-15(23-25)7-9-17/h1-9,16,18-25H,10-13H2/t16-,18-,19+,20+,21-/m0/s1. The Morgan fingerprint density at radius 1 is 1.06 bits per heavy atom. The first-order chi connectivity index (χ1) is 15.0. The monoisotopic (exact) mass is 450 g/mol. The van der Waals surface area contributed by atoms with E-state index in [0.717, 1.165) is 5.56 Å². The number of aliphatic hydroxyl groups is 1. The van der Waals surface area contributed by atoms with Crippen LogP contribution in [0.2, 0.25) is 0 Å². The van der Waals surface area contributed by atoms with Gasteiger partial charge in [0.2, 0.25) is 10.0 Å². The smallest absolute Gasteiger partial charge is 0.240 e. The van der Waals surface area contributed by atoms with Crippen molar-refractivity contribution in [3.63, 3.8) is 0 Å². The molecular formula is C21H26N2O7S. The Morgan fingerprint density at radius 3 is 2.48 bits per heavy atom. The van der Waals surface area contributed by atoms with Crippen LogP contribution in [0.3, 0.4) is 0 Å². The molecule has 2 aliphatic rings. The van der Waals surface area contributed by atoms with Gasteiger partial charge in [0.1, 0.15) is 18.3 Å². The Balaban J connectivity index is 1.34. The fourth-order valence-corrected chi connectivity index (χ4v) is 5.00. The molecule has 4 rings (SSSR count). The van der Waals surface area contributed by atoms with E-state index in [1.807, 2.05) is 35.8 Å².